The van der Waals surface area contributed by atoms with Gasteiger partial charge in [0.1, 0.15) is 11.5 Å². The van der Waals surface area contributed by atoms with Crippen molar-refractivity contribution < 1.29 is 23.8 Å². The number of carboxylic acids is 1. The van der Waals surface area contributed by atoms with Crippen LogP contribution in [0, 0.1) is 0 Å². The quantitative estimate of drug-likeness (QED) is 0.233. The molecule has 8 nitrogen and oxygen atoms in total. The number of nitrogens with zero attached hydrogens (tertiary/aromatic N) is 2. The van der Waals surface area contributed by atoms with E-state index in [2.05, 4.69) is 4.99 Å². The highest BCUT2D eigenvalue weighted by molar-refractivity contribution is 7.98. The summed E-state index contributed by atoms with van der Waals surface area (Å²) in [4.78, 5) is 44.4. The first-order chi connectivity index (χ1) is 19.2. The van der Waals surface area contributed by atoms with Gasteiger partial charge in [0.15, 0.2) is 4.80 Å². The standard InChI is InChI=1S/C29H23ClN2O6S2/c1-4-37-28(36)24-15(2)31-29-32(25(24)16-5-9-19(39-3)10-6-16)26(33)23(40-29)14-18-8-12-22(38-18)17-7-11-21(30)20(13-17)27(34)35/h5-14,25H,4H2,1-3H3,(H,34,35)/b23-14-/t25-/m0/s1. The molecular formula is C29H23ClN2O6S2. The van der Waals surface area contributed by atoms with Gasteiger partial charge in [0.25, 0.3) is 5.56 Å². The molecule has 0 aliphatic carbocycles. The average molecular weight is 595 g/mol. The third kappa shape index (κ3) is 5.17. The lowest BCUT2D eigenvalue weighted by Crippen LogP contribution is -2.39. The van der Waals surface area contributed by atoms with E-state index in [1.54, 1.807) is 49.9 Å². The lowest BCUT2D eigenvalue weighted by atomic mass is 9.96. The number of esters is 1. The number of thioether (sulfide) groups is 1. The van der Waals surface area contributed by atoms with Crippen LogP contribution in [-0.2, 0) is 9.53 Å². The molecule has 0 unspecified atom stereocenters. The molecule has 5 rings (SSSR count). The Hall–Kier alpha value is -3.86. The van der Waals surface area contributed by atoms with E-state index in [-0.39, 0.29) is 22.8 Å². The number of aromatic carboxylic acids is 1. The molecule has 1 aliphatic rings. The summed E-state index contributed by atoms with van der Waals surface area (Å²) in [7, 11) is 0. The van der Waals surface area contributed by atoms with Crippen LogP contribution in [0.25, 0.3) is 17.4 Å². The number of hydrogen-bond acceptors (Lipinski definition) is 8. The minimum atomic E-state index is -1.14. The van der Waals surface area contributed by atoms with E-state index < -0.39 is 18.0 Å². The zero-order valence-electron chi connectivity index (χ0n) is 21.6. The SMILES string of the molecule is CCOC(=O)C1=C(C)N=c2s/c(=C\c3ccc(-c4ccc(Cl)c(C(=O)O)c4)o3)c(=O)n2[C@H]1c1ccc(SC)cc1. The summed E-state index contributed by atoms with van der Waals surface area (Å²) in [6, 6.07) is 15.0. The highest BCUT2D eigenvalue weighted by atomic mass is 35.5. The zero-order valence-corrected chi connectivity index (χ0v) is 24.0. The Kier molecular flexibility index (Phi) is 7.84. The Balaban J connectivity index is 1.61. The minimum absolute atomic E-state index is 0.0382. The van der Waals surface area contributed by atoms with Gasteiger partial charge in [0.2, 0.25) is 0 Å². The number of benzene rings is 2. The Labute approximate surface area is 241 Å². The summed E-state index contributed by atoms with van der Waals surface area (Å²) in [5, 5.41) is 9.50. The van der Waals surface area contributed by atoms with Gasteiger partial charge in [-0.2, -0.15) is 0 Å². The number of allylic oxidation sites excluding steroid dienone is 1. The molecule has 0 fully saturated rings. The molecule has 0 amide bonds. The monoisotopic (exact) mass is 594 g/mol. The molecule has 2 aromatic carbocycles. The first-order valence-electron chi connectivity index (χ1n) is 12.2. The summed E-state index contributed by atoms with van der Waals surface area (Å²) in [6.07, 6.45) is 3.59. The van der Waals surface area contributed by atoms with Crippen LogP contribution in [0.15, 0.2) is 85.0 Å². The molecule has 2 aromatic heterocycles. The maximum absolute atomic E-state index is 13.8. The second kappa shape index (κ2) is 11.3. The van der Waals surface area contributed by atoms with Crippen LogP contribution in [0.2, 0.25) is 5.02 Å². The number of thiazole rings is 1. The van der Waals surface area contributed by atoms with E-state index >= 15 is 0 Å². The molecule has 11 heteroatoms. The topological polar surface area (TPSA) is 111 Å². The van der Waals surface area contributed by atoms with Crippen molar-refractivity contribution in [2.75, 3.05) is 12.9 Å². The molecule has 1 N–H and O–H groups in total. The lowest BCUT2D eigenvalue weighted by Gasteiger charge is -2.24. The predicted octanol–water partition coefficient (Wildman–Crippen LogP) is 5.13. The fraction of sp³-hybridized carbons (Fsp3) is 0.172. The van der Waals surface area contributed by atoms with Gasteiger partial charge in [-0.1, -0.05) is 35.1 Å². The molecule has 1 aliphatic heterocycles. The number of carbonyl (C=O) groups excluding carboxylic acids is 1. The summed E-state index contributed by atoms with van der Waals surface area (Å²) in [6.45, 7) is 3.67. The van der Waals surface area contributed by atoms with E-state index in [4.69, 9.17) is 20.8 Å². The number of carboxylic acid groups (broad SMARTS) is 1. The molecule has 40 heavy (non-hydrogen) atoms. The van der Waals surface area contributed by atoms with Crippen LogP contribution in [0.4, 0.5) is 0 Å². The predicted molar refractivity (Wildman–Crippen MR) is 155 cm³/mol. The Morgan fingerprint density at radius 3 is 2.62 bits per heavy atom. The average Bonchev–Trinajstić information content (AvgIpc) is 3.52. The number of rotatable bonds is 7. The molecule has 0 saturated carbocycles. The van der Waals surface area contributed by atoms with Crippen molar-refractivity contribution in [3.63, 3.8) is 0 Å². The fourth-order valence-corrected chi connectivity index (χ4v) is 6.08. The van der Waals surface area contributed by atoms with E-state index in [1.165, 1.54) is 28.0 Å². The molecular weight excluding hydrogens is 572 g/mol. The van der Waals surface area contributed by atoms with Gasteiger partial charge in [-0.05, 0) is 68.1 Å². The summed E-state index contributed by atoms with van der Waals surface area (Å²) in [5.74, 6) is -0.842. The molecule has 0 bridgehead atoms. The third-order valence-corrected chi connectivity index (χ3v) is 8.39. The second-order valence-electron chi connectivity index (χ2n) is 8.78. The summed E-state index contributed by atoms with van der Waals surface area (Å²) < 4.78 is 13.2. The molecule has 0 saturated heterocycles. The van der Waals surface area contributed by atoms with E-state index in [0.29, 0.717) is 37.7 Å². The van der Waals surface area contributed by atoms with Gasteiger partial charge in [-0.15, -0.1) is 11.8 Å². The first kappa shape index (κ1) is 27.7. The van der Waals surface area contributed by atoms with E-state index in [0.717, 1.165) is 10.5 Å². The van der Waals surface area contributed by atoms with Gasteiger partial charge in [-0.25, -0.2) is 14.6 Å². The second-order valence-corrected chi connectivity index (χ2v) is 11.1. The van der Waals surface area contributed by atoms with Crippen molar-refractivity contribution in [2.45, 2.75) is 24.8 Å². The number of aromatic nitrogens is 1. The van der Waals surface area contributed by atoms with Crippen LogP contribution in [-0.4, -0.2) is 34.5 Å². The minimum Gasteiger partial charge on any atom is -0.478 e. The molecule has 1 atom stereocenters. The van der Waals surface area contributed by atoms with Crippen molar-refractivity contribution in [1.82, 2.24) is 4.57 Å². The molecule has 3 heterocycles. The van der Waals surface area contributed by atoms with Gasteiger partial charge in [-0.3, -0.25) is 9.36 Å². The number of halogens is 1. The van der Waals surface area contributed by atoms with Crippen molar-refractivity contribution in [3.05, 3.63) is 107 Å². The van der Waals surface area contributed by atoms with Crippen LogP contribution in [0.1, 0.15) is 41.6 Å². The Morgan fingerprint density at radius 2 is 1.95 bits per heavy atom. The highest BCUT2D eigenvalue weighted by Gasteiger charge is 2.33. The van der Waals surface area contributed by atoms with Crippen LogP contribution < -0.4 is 14.9 Å². The van der Waals surface area contributed by atoms with Gasteiger partial charge in [0.05, 0.1) is 39.0 Å². The largest absolute Gasteiger partial charge is 0.478 e. The molecule has 0 spiro atoms. The summed E-state index contributed by atoms with van der Waals surface area (Å²) in [5.41, 5.74) is 1.74. The number of fused-ring (bicyclic) bond motifs is 1. The molecule has 204 valence electrons. The Morgan fingerprint density at radius 1 is 1.20 bits per heavy atom. The van der Waals surface area contributed by atoms with Crippen LogP contribution >= 0.6 is 34.7 Å². The first-order valence-corrected chi connectivity index (χ1v) is 14.6. The van der Waals surface area contributed by atoms with Crippen molar-refractivity contribution in [2.24, 2.45) is 4.99 Å². The molecule has 0 radical (unpaired) electrons. The van der Waals surface area contributed by atoms with Crippen LogP contribution in [0.5, 0.6) is 0 Å². The summed E-state index contributed by atoms with van der Waals surface area (Å²) >= 11 is 8.78. The third-order valence-electron chi connectivity index (χ3n) is 6.33. The van der Waals surface area contributed by atoms with Gasteiger partial charge < -0.3 is 14.3 Å². The number of hydrogen-bond donors (Lipinski definition) is 1. The number of furan rings is 1. The zero-order chi connectivity index (χ0) is 28.6. The maximum Gasteiger partial charge on any atom is 0.338 e. The van der Waals surface area contributed by atoms with Gasteiger partial charge in [0, 0.05) is 16.5 Å². The highest BCUT2D eigenvalue weighted by Crippen LogP contribution is 2.32. The Bertz CT molecular complexity index is 1850. The maximum atomic E-state index is 13.8. The normalized spacial score (nSPS) is 15.1. The van der Waals surface area contributed by atoms with Gasteiger partial charge >= 0.3 is 11.9 Å². The number of carbonyl (C=O) groups is 2. The van der Waals surface area contributed by atoms with E-state index in [9.17, 15) is 19.5 Å². The fourth-order valence-electron chi connectivity index (χ4n) is 4.45. The molecule has 4 aromatic rings. The van der Waals surface area contributed by atoms with Crippen molar-refractivity contribution in [1.29, 1.82) is 0 Å². The van der Waals surface area contributed by atoms with Crippen molar-refractivity contribution in [3.8, 4) is 11.3 Å². The number of ether oxygens (including phenoxy) is 1. The van der Waals surface area contributed by atoms with Crippen LogP contribution in [0.3, 0.4) is 0 Å². The smallest absolute Gasteiger partial charge is 0.338 e. The lowest BCUT2D eigenvalue weighted by molar-refractivity contribution is -0.139. The van der Waals surface area contributed by atoms with E-state index in [1.807, 2.05) is 30.5 Å². The van der Waals surface area contributed by atoms with Crippen molar-refractivity contribution >= 4 is 52.7 Å².